The quantitative estimate of drug-likeness (QED) is 0.759. The lowest BCUT2D eigenvalue weighted by molar-refractivity contribution is -0.117. The van der Waals surface area contributed by atoms with E-state index in [4.69, 9.17) is 0 Å². The third-order valence-electron chi connectivity index (χ3n) is 4.75. The normalized spacial score (nSPS) is 15.3. The van der Waals surface area contributed by atoms with Crippen LogP contribution in [0.25, 0.3) is 0 Å². The number of carbonyl (C=O) groups is 2. The molecule has 3 N–H and O–H groups in total. The topological polar surface area (TPSA) is 81.7 Å². The van der Waals surface area contributed by atoms with Gasteiger partial charge in [-0.1, -0.05) is 24.3 Å². The summed E-state index contributed by atoms with van der Waals surface area (Å²) in [5.41, 5.74) is 2.00. The molecule has 0 aliphatic carbocycles. The summed E-state index contributed by atoms with van der Waals surface area (Å²) < 4.78 is 0. The zero-order chi connectivity index (χ0) is 19.2. The maximum Gasteiger partial charge on any atom is 0.255 e. The van der Waals surface area contributed by atoms with Crippen LogP contribution in [0.3, 0.4) is 0 Å². The largest absolute Gasteiger partial charge is 0.507 e. The molecule has 0 saturated carbocycles. The van der Waals surface area contributed by atoms with Gasteiger partial charge in [0.1, 0.15) is 5.75 Å². The molecule has 0 bridgehead atoms. The van der Waals surface area contributed by atoms with Crippen molar-refractivity contribution in [3.63, 3.8) is 0 Å². The molecule has 0 spiro atoms. The second kappa shape index (κ2) is 8.68. The molecule has 1 aliphatic rings. The lowest BCUT2D eigenvalue weighted by atomic mass is 10.0. The van der Waals surface area contributed by atoms with Gasteiger partial charge in [0.15, 0.2) is 0 Å². The van der Waals surface area contributed by atoms with Gasteiger partial charge in [-0.3, -0.25) is 14.5 Å². The third kappa shape index (κ3) is 5.31. The van der Waals surface area contributed by atoms with Crippen LogP contribution >= 0.6 is 0 Å². The molecule has 142 valence electrons. The van der Waals surface area contributed by atoms with Gasteiger partial charge in [0.05, 0.1) is 12.1 Å². The molecule has 1 aliphatic heterocycles. The van der Waals surface area contributed by atoms with Crippen molar-refractivity contribution < 1.29 is 14.7 Å². The molecule has 1 fully saturated rings. The maximum absolute atomic E-state index is 12.4. The first-order valence-corrected chi connectivity index (χ1v) is 9.19. The van der Waals surface area contributed by atoms with Crippen molar-refractivity contribution in [2.45, 2.75) is 25.8 Å². The monoisotopic (exact) mass is 367 g/mol. The first-order chi connectivity index (χ1) is 13.0. The van der Waals surface area contributed by atoms with E-state index in [1.165, 1.54) is 0 Å². The molecule has 0 aromatic heterocycles. The fraction of sp³-hybridized carbons (Fsp3) is 0.333. The summed E-state index contributed by atoms with van der Waals surface area (Å²) in [6, 6.07) is 14.5. The number of piperidine rings is 1. The molecule has 2 aromatic carbocycles. The number of carbonyl (C=O) groups excluding carboxylic acids is 2. The number of rotatable bonds is 5. The van der Waals surface area contributed by atoms with Crippen molar-refractivity contribution >= 4 is 17.5 Å². The predicted molar refractivity (Wildman–Crippen MR) is 105 cm³/mol. The molecule has 2 amide bonds. The molecule has 6 heteroatoms. The second-order valence-electron chi connectivity index (χ2n) is 6.96. The van der Waals surface area contributed by atoms with E-state index in [2.05, 4.69) is 15.5 Å². The number of aromatic hydroxyl groups is 1. The van der Waals surface area contributed by atoms with Gasteiger partial charge in [-0.25, -0.2) is 0 Å². The first-order valence-electron chi connectivity index (χ1n) is 9.19. The van der Waals surface area contributed by atoms with E-state index in [0.717, 1.165) is 37.2 Å². The number of phenolic OH excluding ortho intramolecular Hbond substituents is 1. The molecule has 3 rings (SSSR count). The van der Waals surface area contributed by atoms with Gasteiger partial charge >= 0.3 is 0 Å². The van der Waals surface area contributed by atoms with Gasteiger partial charge in [0.2, 0.25) is 5.91 Å². The molecule has 27 heavy (non-hydrogen) atoms. The minimum atomic E-state index is -0.257. The van der Waals surface area contributed by atoms with Gasteiger partial charge in [-0.15, -0.1) is 0 Å². The van der Waals surface area contributed by atoms with E-state index in [1.807, 2.05) is 43.3 Å². The van der Waals surface area contributed by atoms with Crippen LogP contribution in [-0.2, 0) is 4.79 Å². The highest BCUT2D eigenvalue weighted by atomic mass is 16.3. The number of phenols is 1. The average molecular weight is 367 g/mol. The van der Waals surface area contributed by atoms with Crippen LogP contribution in [0.15, 0.2) is 48.5 Å². The van der Waals surface area contributed by atoms with Crippen molar-refractivity contribution in [2.24, 2.45) is 0 Å². The first kappa shape index (κ1) is 18.9. The Labute approximate surface area is 159 Å². The molecule has 0 atom stereocenters. The molecule has 6 nitrogen and oxygen atoms in total. The summed E-state index contributed by atoms with van der Waals surface area (Å²) in [7, 11) is 0. The van der Waals surface area contributed by atoms with Gasteiger partial charge in [0.25, 0.3) is 5.91 Å². The van der Waals surface area contributed by atoms with E-state index < -0.39 is 0 Å². The number of nitrogens with zero attached hydrogens (tertiary/aromatic N) is 1. The van der Waals surface area contributed by atoms with E-state index in [1.54, 1.807) is 12.1 Å². The minimum absolute atomic E-state index is 0.00233. The molecule has 1 heterocycles. The van der Waals surface area contributed by atoms with E-state index in [0.29, 0.717) is 12.1 Å². The van der Waals surface area contributed by atoms with Gasteiger partial charge in [-0.2, -0.15) is 0 Å². The lowest BCUT2D eigenvalue weighted by Crippen LogP contribution is -2.46. The molecule has 0 unspecified atom stereocenters. The van der Waals surface area contributed by atoms with Gasteiger partial charge in [0, 0.05) is 24.8 Å². The Balaban J connectivity index is 1.44. The highest BCUT2D eigenvalue weighted by molar-refractivity contribution is 5.97. The summed E-state index contributed by atoms with van der Waals surface area (Å²) in [5.74, 6) is -0.288. The van der Waals surface area contributed by atoms with Crippen LogP contribution in [-0.4, -0.2) is 47.5 Å². The molecular formula is C21H25N3O3. The number of para-hydroxylation sites is 1. The Morgan fingerprint density at radius 1 is 1.11 bits per heavy atom. The molecule has 1 saturated heterocycles. The van der Waals surface area contributed by atoms with Crippen LogP contribution in [0.4, 0.5) is 5.69 Å². The fourth-order valence-electron chi connectivity index (χ4n) is 3.26. The average Bonchev–Trinajstić information content (AvgIpc) is 2.64. The van der Waals surface area contributed by atoms with Crippen molar-refractivity contribution in [3.05, 3.63) is 59.7 Å². The zero-order valence-electron chi connectivity index (χ0n) is 15.4. The number of hydrogen-bond donors (Lipinski definition) is 3. The number of aryl methyl sites for hydroxylation is 1. The fourth-order valence-corrected chi connectivity index (χ4v) is 3.26. The van der Waals surface area contributed by atoms with Crippen LogP contribution in [0, 0.1) is 6.92 Å². The number of hydrogen-bond acceptors (Lipinski definition) is 4. The SMILES string of the molecule is Cc1ccc(C(=O)NC2CCN(CC(=O)Nc3ccccc3)CC2)c(O)c1. The Morgan fingerprint density at radius 2 is 1.81 bits per heavy atom. The maximum atomic E-state index is 12.4. The Morgan fingerprint density at radius 3 is 2.48 bits per heavy atom. The van der Waals surface area contributed by atoms with Crippen molar-refractivity contribution in [2.75, 3.05) is 25.0 Å². The lowest BCUT2D eigenvalue weighted by Gasteiger charge is -2.31. The van der Waals surface area contributed by atoms with Crippen molar-refractivity contribution in [1.82, 2.24) is 10.2 Å². The number of nitrogens with one attached hydrogen (secondary N) is 2. The summed E-state index contributed by atoms with van der Waals surface area (Å²) in [4.78, 5) is 26.6. The Kier molecular flexibility index (Phi) is 6.08. The molecular weight excluding hydrogens is 342 g/mol. The smallest absolute Gasteiger partial charge is 0.255 e. The van der Waals surface area contributed by atoms with Gasteiger partial charge < -0.3 is 15.7 Å². The van der Waals surface area contributed by atoms with E-state index in [-0.39, 0.29) is 23.6 Å². The van der Waals surface area contributed by atoms with E-state index in [9.17, 15) is 14.7 Å². The Bertz CT molecular complexity index is 800. The highest BCUT2D eigenvalue weighted by Gasteiger charge is 2.23. The van der Waals surface area contributed by atoms with Crippen LogP contribution in [0.1, 0.15) is 28.8 Å². The van der Waals surface area contributed by atoms with Crippen LogP contribution in [0.5, 0.6) is 5.75 Å². The standard InChI is InChI=1S/C21H25N3O3/c1-15-7-8-18(19(25)13-15)21(27)23-17-9-11-24(12-10-17)14-20(26)22-16-5-3-2-4-6-16/h2-8,13,17,25H,9-12,14H2,1H3,(H,22,26)(H,23,27). The number of anilines is 1. The summed E-state index contributed by atoms with van der Waals surface area (Å²) >= 11 is 0. The van der Waals surface area contributed by atoms with Crippen molar-refractivity contribution in [3.8, 4) is 5.75 Å². The number of likely N-dealkylation sites (tertiary alicyclic amines) is 1. The molecule has 2 aromatic rings. The van der Waals surface area contributed by atoms with Crippen LogP contribution < -0.4 is 10.6 Å². The zero-order valence-corrected chi connectivity index (χ0v) is 15.4. The number of amides is 2. The van der Waals surface area contributed by atoms with E-state index >= 15 is 0 Å². The van der Waals surface area contributed by atoms with Crippen LogP contribution in [0.2, 0.25) is 0 Å². The van der Waals surface area contributed by atoms with Gasteiger partial charge in [-0.05, 0) is 49.6 Å². The summed E-state index contributed by atoms with van der Waals surface area (Å²) in [6.07, 6.45) is 1.55. The second-order valence-corrected chi connectivity index (χ2v) is 6.96. The minimum Gasteiger partial charge on any atom is -0.507 e. The Hall–Kier alpha value is -2.86. The molecule has 0 radical (unpaired) electrons. The summed E-state index contributed by atoms with van der Waals surface area (Å²) in [6.45, 7) is 3.69. The van der Waals surface area contributed by atoms with Crippen molar-refractivity contribution in [1.29, 1.82) is 0 Å². The third-order valence-corrected chi connectivity index (χ3v) is 4.75. The highest BCUT2D eigenvalue weighted by Crippen LogP contribution is 2.19. The predicted octanol–water partition coefficient (Wildman–Crippen LogP) is 2.53. The number of benzene rings is 2. The summed E-state index contributed by atoms with van der Waals surface area (Å²) in [5, 5.41) is 15.8.